The van der Waals surface area contributed by atoms with Gasteiger partial charge in [0.2, 0.25) is 0 Å². The summed E-state index contributed by atoms with van der Waals surface area (Å²) >= 11 is 0. The van der Waals surface area contributed by atoms with Crippen molar-refractivity contribution in [3.63, 3.8) is 0 Å². The zero-order valence-electron chi connectivity index (χ0n) is 11.7. The summed E-state index contributed by atoms with van der Waals surface area (Å²) in [5.74, 6) is 0. The third-order valence-corrected chi connectivity index (χ3v) is 3.00. The average molecular weight is 254 g/mol. The molecule has 2 heteroatoms. The minimum atomic E-state index is 0.544. The highest BCUT2D eigenvalue weighted by molar-refractivity contribution is 5.65. The van der Waals surface area contributed by atoms with Crippen LogP contribution in [0.25, 0.3) is 11.1 Å². The number of anilines is 1. The van der Waals surface area contributed by atoms with Gasteiger partial charge in [-0.1, -0.05) is 56.3 Å². The van der Waals surface area contributed by atoms with Crippen LogP contribution in [0.5, 0.6) is 0 Å². The molecule has 2 nitrogen and oxygen atoms in total. The first-order valence-electron chi connectivity index (χ1n) is 6.88. The summed E-state index contributed by atoms with van der Waals surface area (Å²) in [6.45, 7) is 6.25. The van der Waals surface area contributed by atoms with Gasteiger partial charge in [-0.2, -0.15) is 0 Å². The molecular weight excluding hydrogens is 232 g/mol. The Bertz CT molecular complexity index is 474. The zero-order valence-corrected chi connectivity index (χ0v) is 11.7. The highest BCUT2D eigenvalue weighted by atomic mass is 15.0. The zero-order chi connectivity index (χ0) is 13.5. The Labute approximate surface area is 115 Å². The van der Waals surface area contributed by atoms with Crippen molar-refractivity contribution in [3.05, 3.63) is 54.6 Å². The maximum atomic E-state index is 3.42. The van der Waals surface area contributed by atoms with E-state index >= 15 is 0 Å². The van der Waals surface area contributed by atoms with E-state index in [1.54, 1.807) is 0 Å². The smallest absolute Gasteiger partial charge is 0.0341 e. The molecule has 0 aromatic heterocycles. The Balaban J connectivity index is 1.88. The highest BCUT2D eigenvalue weighted by Crippen LogP contribution is 2.20. The Morgan fingerprint density at radius 2 is 1.42 bits per heavy atom. The number of hydrogen-bond donors (Lipinski definition) is 2. The lowest BCUT2D eigenvalue weighted by Gasteiger charge is -2.10. The minimum Gasteiger partial charge on any atom is -0.384 e. The van der Waals surface area contributed by atoms with Crippen molar-refractivity contribution < 1.29 is 0 Å². The molecule has 0 aliphatic rings. The van der Waals surface area contributed by atoms with Crippen LogP contribution in [-0.4, -0.2) is 19.1 Å². The molecule has 0 heterocycles. The molecule has 0 saturated carbocycles. The standard InChI is InChI=1S/C17H22N2/c1-14(2)18-12-13-19-17-10-8-16(9-11-17)15-6-4-3-5-7-15/h3-11,14,18-19H,12-13H2,1-2H3. The molecule has 100 valence electrons. The highest BCUT2D eigenvalue weighted by Gasteiger charge is 1.97. The van der Waals surface area contributed by atoms with Crippen molar-refractivity contribution in [1.29, 1.82) is 0 Å². The molecule has 0 fully saturated rings. The van der Waals surface area contributed by atoms with Gasteiger partial charge in [-0.25, -0.2) is 0 Å². The Morgan fingerprint density at radius 3 is 2.05 bits per heavy atom. The van der Waals surface area contributed by atoms with Gasteiger partial charge in [-0.3, -0.25) is 0 Å². The summed E-state index contributed by atoms with van der Waals surface area (Å²) < 4.78 is 0. The number of benzene rings is 2. The molecule has 0 bridgehead atoms. The van der Waals surface area contributed by atoms with Gasteiger partial charge in [-0.05, 0) is 23.3 Å². The molecule has 2 rings (SSSR count). The van der Waals surface area contributed by atoms with Gasteiger partial charge in [-0.15, -0.1) is 0 Å². The van der Waals surface area contributed by atoms with E-state index in [1.807, 2.05) is 6.07 Å². The maximum absolute atomic E-state index is 3.42. The van der Waals surface area contributed by atoms with E-state index in [2.05, 4.69) is 73.0 Å². The fraction of sp³-hybridized carbons (Fsp3) is 0.294. The van der Waals surface area contributed by atoms with Gasteiger partial charge in [0, 0.05) is 24.8 Å². The van der Waals surface area contributed by atoms with Crippen LogP contribution in [-0.2, 0) is 0 Å². The van der Waals surface area contributed by atoms with E-state index in [-0.39, 0.29) is 0 Å². The topological polar surface area (TPSA) is 24.1 Å². The van der Waals surface area contributed by atoms with E-state index in [9.17, 15) is 0 Å². The van der Waals surface area contributed by atoms with Crippen molar-refractivity contribution in [3.8, 4) is 11.1 Å². The van der Waals surface area contributed by atoms with Gasteiger partial charge in [0.05, 0.1) is 0 Å². The second-order valence-electron chi connectivity index (χ2n) is 4.98. The van der Waals surface area contributed by atoms with Gasteiger partial charge in [0.15, 0.2) is 0 Å². The second kappa shape index (κ2) is 6.95. The van der Waals surface area contributed by atoms with Crippen molar-refractivity contribution in [2.45, 2.75) is 19.9 Å². The Morgan fingerprint density at radius 1 is 0.789 bits per heavy atom. The van der Waals surface area contributed by atoms with Crippen molar-refractivity contribution in [2.24, 2.45) is 0 Å². The number of hydrogen-bond acceptors (Lipinski definition) is 2. The van der Waals surface area contributed by atoms with E-state index in [0.717, 1.165) is 13.1 Å². The molecule has 0 aliphatic heterocycles. The average Bonchev–Trinajstić information content (AvgIpc) is 2.45. The Hall–Kier alpha value is -1.80. The van der Waals surface area contributed by atoms with Crippen LogP contribution >= 0.6 is 0 Å². The molecule has 0 spiro atoms. The molecule has 0 atom stereocenters. The van der Waals surface area contributed by atoms with Gasteiger partial charge in [0.1, 0.15) is 0 Å². The molecule has 2 aromatic carbocycles. The number of nitrogens with one attached hydrogen (secondary N) is 2. The van der Waals surface area contributed by atoms with Crippen molar-refractivity contribution in [1.82, 2.24) is 5.32 Å². The lowest BCUT2D eigenvalue weighted by Crippen LogP contribution is -2.28. The molecule has 0 saturated heterocycles. The summed E-state index contributed by atoms with van der Waals surface area (Å²) in [4.78, 5) is 0. The van der Waals surface area contributed by atoms with Crippen LogP contribution < -0.4 is 10.6 Å². The molecule has 2 N–H and O–H groups in total. The van der Waals surface area contributed by atoms with Crippen LogP contribution in [0.1, 0.15) is 13.8 Å². The normalized spacial score (nSPS) is 10.7. The fourth-order valence-corrected chi connectivity index (χ4v) is 1.98. The van der Waals surface area contributed by atoms with E-state index in [4.69, 9.17) is 0 Å². The van der Waals surface area contributed by atoms with Gasteiger partial charge < -0.3 is 10.6 Å². The van der Waals surface area contributed by atoms with E-state index < -0.39 is 0 Å². The summed E-state index contributed by atoms with van der Waals surface area (Å²) in [6, 6.07) is 19.6. The predicted molar refractivity (Wildman–Crippen MR) is 83.5 cm³/mol. The summed E-state index contributed by atoms with van der Waals surface area (Å²) in [7, 11) is 0. The predicted octanol–water partition coefficient (Wildman–Crippen LogP) is 3.76. The van der Waals surface area contributed by atoms with Crippen LogP contribution in [0, 0.1) is 0 Å². The molecule has 0 aliphatic carbocycles. The SMILES string of the molecule is CC(C)NCCNc1ccc(-c2ccccc2)cc1. The van der Waals surface area contributed by atoms with Crippen molar-refractivity contribution in [2.75, 3.05) is 18.4 Å². The van der Waals surface area contributed by atoms with Crippen molar-refractivity contribution >= 4 is 5.69 Å². The molecule has 19 heavy (non-hydrogen) atoms. The quantitative estimate of drug-likeness (QED) is 0.767. The summed E-state index contributed by atoms with van der Waals surface area (Å²) in [6.07, 6.45) is 0. The van der Waals surface area contributed by atoms with Gasteiger partial charge in [0.25, 0.3) is 0 Å². The van der Waals surface area contributed by atoms with Crippen LogP contribution in [0.4, 0.5) is 5.69 Å². The molecule has 0 radical (unpaired) electrons. The van der Waals surface area contributed by atoms with E-state index in [0.29, 0.717) is 6.04 Å². The van der Waals surface area contributed by atoms with E-state index in [1.165, 1.54) is 16.8 Å². The lowest BCUT2D eigenvalue weighted by atomic mass is 10.1. The largest absolute Gasteiger partial charge is 0.384 e. The molecule has 2 aromatic rings. The minimum absolute atomic E-state index is 0.544. The summed E-state index contributed by atoms with van der Waals surface area (Å²) in [5.41, 5.74) is 3.69. The first-order chi connectivity index (χ1) is 9.25. The third-order valence-electron chi connectivity index (χ3n) is 3.00. The van der Waals surface area contributed by atoms with Crippen LogP contribution in [0.2, 0.25) is 0 Å². The first kappa shape index (κ1) is 13.6. The monoisotopic (exact) mass is 254 g/mol. The molecule has 0 unspecified atom stereocenters. The second-order valence-corrected chi connectivity index (χ2v) is 4.98. The third kappa shape index (κ3) is 4.42. The van der Waals surface area contributed by atoms with Crippen LogP contribution in [0.3, 0.4) is 0 Å². The first-order valence-corrected chi connectivity index (χ1v) is 6.88. The van der Waals surface area contributed by atoms with Crippen LogP contribution in [0.15, 0.2) is 54.6 Å². The Kier molecular flexibility index (Phi) is 4.99. The van der Waals surface area contributed by atoms with Gasteiger partial charge >= 0.3 is 0 Å². The molecular formula is C17H22N2. The maximum Gasteiger partial charge on any atom is 0.0341 e. The lowest BCUT2D eigenvalue weighted by molar-refractivity contribution is 0.602. The fourth-order valence-electron chi connectivity index (χ4n) is 1.98. The number of rotatable bonds is 6. The molecule has 0 amide bonds. The summed E-state index contributed by atoms with van der Waals surface area (Å²) in [5, 5.41) is 6.81.